The third-order valence-electron chi connectivity index (χ3n) is 3.88. The lowest BCUT2D eigenvalue weighted by molar-refractivity contribution is -0.140. The lowest BCUT2D eigenvalue weighted by atomic mass is 9.95. The number of carbonyl (C=O) groups is 1. The van der Waals surface area contributed by atoms with Crippen LogP contribution in [-0.4, -0.2) is 37.8 Å². The van der Waals surface area contributed by atoms with E-state index in [0.717, 1.165) is 0 Å². The number of ether oxygens (including phenoxy) is 1. The van der Waals surface area contributed by atoms with E-state index < -0.39 is 11.9 Å². The number of anilines is 1. The van der Waals surface area contributed by atoms with E-state index in [9.17, 15) is 9.90 Å². The van der Waals surface area contributed by atoms with E-state index in [1.807, 2.05) is 0 Å². The number of fused-ring (bicyclic) bond motifs is 1. The van der Waals surface area contributed by atoms with Crippen molar-refractivity contribution in [1.82, 2.24) is 19.6 Å². The molecule has 126 valence electrons. The Bertz CT molecular complexity index is 1020. The highest BCUT2D eigenvalue weighted by Gasteiger charge is 2.23. The molecule has 0 saturated carbocycles. The lowest BCUT2D eigenvalue weighted by Gasteiger charge is -2.14. The van der Waals surface area contributed by atoms with Gasteiger partial charge in [-0.3, -0.25) is 4.79 Å². The second kappa shape index (κ2) is 6.13. The van der Waals surface area contributed by atoms with Crippen molar-refractivity contribution in [1.29, 1.82) is 0 Å². The topological polar surface area (TPSA) is 116 Å². The van der Waals surface area contributed by atoms with Crippen molar-refractivity contribution in [3.63, 3.8) is 0 Å². The van der Waals surface area contributed by atoms with Gasteiger partial charge < -0.3 is 15.6 Å². The Kier molecular flexibility index (Phi) is 3.99. The summed E-state index contributed by atoms with van der Waals surface area (Å²) in [4.78, 5) is 20.1. The Morgan fingerprint density at radius 3 is 2.88 bits per heavy atom. The van der Waals surface area contributed by atoms with Gasteiger partial charge in [0.05, 0.1) is 12.8 Å². The van der Waals surface area contributed by atoms with Gasteiger partial charge in [0.25, 0.3) is 5.78 Å². The van der Waals surface area contributed by atoms with Crippen molar-refractivity contribution >= 4 is 17.6 Å². The number of phenols is 1. The smallest absolute Gasteiger partial charge is 0.325 e. The molecule has 1 aromatic carbocycles. The van der Waals surface area contributed by atoms with Gasteiger partial charge in [0.1, 0.15) is 23.8 Å². The largest absolute Gasteiger partial charge is 0.508 e. The van der Waals surface area contributed by atoms with E-state index in [0.29, 0.717) is 28.4 Å². The van der Waals surface area contributed by atoms with Crippen LogP contribution in [0.3, 0.4) is 0 Å². The molecule has 0 amide bonds. The van der Waals surface area contributed by atoms with Crippen LogP contribution >= 0.6 is 0 Å². The molecule has 0 aliphatic rings. The molecule has 0 spiro atoms. The first-order valence-electron chi connectivity index (χ1n) is 7.31. The normalized spacial score (nSPS) is 11.9. The van der Waals surface area contributed by atoms with E-state index in [-0.39, 0.29) is 11.3 Å². The maximum atomic E-state index is 11.8. The Morgan fingerprint density at radius 1 is 1.48 bits per heavy atom. The number of aryl methyl sites for hydroxylation is 1. The van der Waals surface area contributed by atoms with E-state index in [1.165, 1.54) is 24.0 Å². The molecule has 0 radical (unpaired) electrons. The van der Waals surface area contributed by atoms with Crippen LogP contribution in [0.5, 0.6) is 5.75 Å². The number of nitrogens with zero attached hydrogens (tertiary/aromatic N) is 4. The van der Waals surface area contributed by atoms with Gasteiger partial charge in [-0.1, -0.05) is 18.1 Å². The molecule has 2 heterocycles. The van der Waals surface area contributed by atoms with Crippen LogP contribution in [0.4, 0.5) is 5.82 Å². The minimum Gasteiger partial charge on any atom is -0.508 e. The fraction of sp³-hybridized carbons (Fsp3) is 0.176. The molecule has 3 aromatic rings. The molecule has 8 nitrogen and oxygen atoms in total. The van der Waals surface area contributed by atoms with E-state index in [1.54, 1.807) is 19.1 Å². The van der Waals surface area contributed by atoms with Gasteiger partial charge in [0, 0.05) is 11.1 Å². The molecule has 3 N–H and O–H groups in total. The van der Waals surface area contributed by atoms with Crippen LogP contribution in [0.25, 0.3) is 16.9 Å². The van der Waals surface area contributed by atoms with Crippen LogP contribution in [0.15, 0.2) is 24.5 Å². The van der Waals surface area contributed by atoms with Crippen LogP contribution in [0.1, 0.15) is 17.2 Å². The zero-order chi connectivity index (χ0) is 18.1. The number of hydrogen-bond donors (Lipinski definition) is 2. The number of terminal acetylenes is 1. The molecule has 0 saturated heterocycles. The highest BCUT2D eigenvalue weighted by atomic mass is 16.5. The maximum absolute atomic E-state index is 11.8. The molecular formula is C17H15N5O3. The summed E-state index contributed by atoms with van der Waals surface area (Å²) in [5.74, 6) is 1.30. The average molecular weight is 337 g/mol. The van der Waals surface area contributed by atoms with Crippen LogP contribution in [-0.2, 0) is 9.53 Å². The highest BCUT2D eigenvalue weighted by molar-refractivity contribution is 5.84. The van der Waals surface area contributed by atoms with Crippen LogP contribution in [0, 0.1) is 19.3 Å². The van der Waals surface area contributed by atoms with Gasteiger partial charge in [-0.15, -0.1) is 6.42 Å². The highest BCUT2D eigenvalue weighted by Crippen LogP contribution is 2.35. The Morgan fingerprint density at radius 2 is 2.24 bits per heavy atom. The molecular weight excluding hydrogens is 322 g/mol. The fourth-order valence-electron chi connectivity index (χ4n) is 2.68. The van der Waals surface area contributed by atoms with E-state index >= 15 is 0 Å². The third-order valence-corrected chi connectivity index (χ3v) is 3.88. The molecule has 0 aliphatic carbocycles. The van der Waals surface area contributed by atoms with Gasteiger partial charge in [0.15, 0.2) is 0 Å². The molecule has 0 fully saturated rings. The lowest BCUT2D eigenvalue weighted by Crippen LogP contribution is -2.12. The molecule has 2 aromatic heterocycles. The zero-order valence-electron chi connectivity index (χ0n) is 13.6. The number of rotatable bonds is 3. The number of aromatic hydroxyl groups is 1. The first-order chi connectivity index (χ1) is 12.0. The molecule has 0 aliphatic heterocycles. The second-order valence-electron chi connectivity index (χ2n) is 5.33. The third kappa shape index (κ3) is 2.61. The summed E-state index contributed by atoms with van der Waals surface area (Å²) in [6.45, 7) is 1.78. The van der Waals surface area contributed by atoms with Crippen molar-refractivity contribution in [2.24, 2.45) is 0 Å². The summed E-state index contributed by atoms with van der Waals surface area (Å²) in [6, 6.07) is 4.74. The number of carbonyl (C=O) groups excluding carboxylic acids is 1. The predicted octanol–water partition coefficient (Wildman–Crippen LogP) is 1.28. The molecule has 1 atom stereocenters. The quantitative estimate of drug-likeness (QED) is 0.546. The number of hydrogen-bond acceptors (Lipinski definition) is 7. The minimum atomic E-state index is -0.992. The van der Waals surface area contributed by atoms with Crippen molar-refractivity contribution in [3.05, 3.63) is 35.8 Å². The Balaban J connectivity index is 2.13. The van der Waals surface area contributed by atoms with Gasteiger partial charge in [-0.05, 0) is 18.6 Å². The fourth-order valence-corrected chi connectivity index (χ4v) is 2.68. The van der Waals surface area contributed by atoms with Gasteiger partial charge >= 0.3 is 5.97 Å². The first-order valence-corrected chi connectivity index (χ1v) is 7.31. The van der Waals surface area contributed by atoms with Gasteiger partial charge in [-0.25, -0.2) is 4.98 Å². The maximum Gasteiger partial charge on any atom is 0.325 e. The number of phenolic OH excluding ortho intramolecular Hbond substituents is 1. The van der Waals surface area contributed by atoms with Crippen molar-refractivity contribution in [3.8, 4) is 29.2 Å². The number of nitrogen functional groups attached to an aromatic ring is 1. The van der Waals surface area contributed by atoms with Crippen molar-refractivity contribution < 1.29 is 14.6 Å². The minimum absolute atomic E-state index is 0.136. The Hall–Kier alpha value is -3.60. The van der Waals surface area contributed by atoms with Crippen LogP contribution < -0.4 is 5.73 Å². The predicted molar refractivity (Wildman–Crippen MR) is 90.6 cm³/mol. The van der Waals surface area contributed by atoms with E-state index in [2.05, 4.69) is 25.7 Å². The van der Waals surface area contributed by atoms with Gasteiger partial charge in [0.2, 0.25) is 0 Å². The molecule has 1 unspecified atom stereocenters. The van der Waals surface area contributed by atoms with Gasteiger partial charge in [-0.2, -0.15) is 14.6 Å². The Labute approximate surface area is 143 Å². The van der Waals surface area contributed by atoms with Crippen molar-refractivity contribution in [2.45, 2.75) is 12.8 Å². The number of aromatic nitrogens is 4. The second-order valence-corrected chi connectivity index (χ2v) is 5.33. The van der Waals surface area contributed by atoms with Crippen molar-refractivity contribution in [2.75, 3.05) is 12.8 Å². The standard InChI is InChI=1S/C17H15N5O3/c1-4-11(16(24)25-3)12-6-5-10(7-13(12)23)14-9(2)21-17-19-8-20-22(17)15(14)18/h1,5-8,11,23H,18H2,2-3H3. The average Bonchev–Trinajstić information content (AvgIpc) is 3.05. The molecule has 8 heteroatoms. The number of methoxy groups -OCH3 is 1. The summed E-state index contributed by atoms with van der Waals surface area (Å²) in [7, 11) is 1.24. The monoisotopic (exact) mass is 337 g/mol. The first kappa shape index (κ1) is 16.3. The number of esters is 1. The summed E-state index contributed by atoms with van der Waals surface area (Å²) in [6.07, 6.45) is 6.74. The zero-order valence-corrected chi connectivity index (χ0v) is 13.6. The molecule has 25 heavy (non-hydrogen) atoms. The van der Waals surface area contributed by atoms with Crippen LogP contribution in [0.2, 0.25) is 0 Å². The summed E-state index contributed by atoms with van der Waals surface area (Å²) in [5, 5.41) is 14.4. The number of benzene rings is 1. The summed E-state index contributed by atoms with van der Waals surface area (Å²) >= 11 is 0. The number of nitrogens with two attached hydrogens (primary N) is 1. The SMILES string of the molecule is C#CC(C(=O)OC)c1ccc(-c2c(C)nc3ncnn3c2N)cc1O. The summed E-state index contributed by atoms with van der Waals surface area (Å²) in [5.41, 5.74) is 8.30. The van der Waals surface area contributed by atoms with E-state index in [4.69, 9.17) is 12.2 Å². The molecule has 3 rings (SSSR count). The summed E-state index contributed by atoms with van der Waals surface area (Å²) < 4.78 is 6.07. The molecule has 0 bridgehead atoms.